The standard InChI is InChI=1S/C7H14O3S/c1-5-6(2)9-11(8)10-7(5,3)4/h5-6H,1-4H3/t5-,6-,11+/m0/s1. The van der Waals surface area contributed by atoms with Crippen LogP contribution in [0.5, 0.6) is 0 Å². The third-order valence-corrected chi connectivity index (χ3v) is 3.34. The van der Waals surface area contributed by atoms with Crippen molar-refractivity contribution in [1.29, 1.82) is 0 Å². The highest BCUT2D eigenvalue weighted by Gasteiger charge is 2.39. The Hall–Kier alpha value is 0.0700. The molecule has 0 bridgehead atoms. The first-order chi connectivity index (χ1) is 4.93. The van der Waals surface area contributed by atoms with E-state index >= 15 is 0 Å². The van der Waals surface area contributed by atoms with Crippen molar-refractivity contribution in [2.75, 3.05) is 0 Å². The Labute approximate surface area is 69.9 Å². The molecule has 0 aliphatic carbocycles. The van der Waals surface area contributed by atoms with Gasteiger partial charge in [-0.05, 0) is 20.8 Å². The molecule has 0 aromatic carbocycles. The van der Waals surface area contributed by atoms with Crippen LogP contribution in [0.2, 0.25) is 0 Å². The largest absolute Gasteiger partial charge is 0.305 e. The lowest BCUT2D eigenvalue weighted by Crippen LogP contribution is -2.45. The van der Waals surface area contributed by atoms with E-state index in [0.29, 0.717) is 0 Å². The maximum atomic E-state index is 10.9. The molecule has 66 valence electrons. The van der Waals surface area contributed by atoms with Crippen molar-refractivity contribution < 1.29 is 12.6 Å². The van der Waals surface area contributed by atoms with Crippen LogP contribution >= 0.6 is 0 Å². The third kappa shape index (κ3) is 1.80. The fraction of sp³-hybridized carbons (Fsp3) is 1.00. The van der Waals surface area contributed by atoms with Gasteiger partial charge < -0.3 is 0 Å². The van der Waals surface area contributed by atoms with E-state index in [1.807, 2.05) is 27.7 Å². The Morgan fingerprint density at radius 2 is 1.91 bits per heavy atom. The lowest BCUT2D eigenvalue weighted by atomic mass is 9.89. The molecule has 1 saturated heterocycles. The van der Waals surface area contributed by atoms with Gasteiger partial charge in [0.1, 0.15) is 0 Å². The molecule has 0 radical (unpaired) electrons. The van der Waals surface area contributed by atoms with Crippen molar-refractivity contribution in [3.63, 3.8) is 0 Å². The Morgan fingerprint density at radius 3 is 2.36 bits per heavy atom. The number of hydrogen-bond donors (Lipinski definition) is 0. The summed E-state index contributed by atoms with van der Waals surface area (Å²) in [4.78, 5) is 0. The van der Waals surface area contributed by atoms with E-state index in [-0.39, 0.29) is 17.6 Å². The second-order valence-corrected chi connectivity index (χ2v) is 4.25. The van der Waals surface area contributed by atoms with Gasteiger partial charge in [-0.2, -0.15) is 4.21 Å². The highest BCUT2D eigenvalue weighted by molar-refractivity contribution is 7.75. The van der Waals surface area contributed by atoms with Crippen molar-refractivity contribution in [3.8, 4) is 0 Å². The quantitative estimate of drug-likeness (QED) is 0.562. The lowest BCUT2D eigenvalue weighted by molar-refractivity contribution is -0.0425. The van der Waals surface area contributed by atoms with Gasteiger partial charge in [0.2, 0.25) is 0 Å². The van der Waals surface area contributed by atoms with E-state index in [9.17, 15) is 4.21 Å². The molecule has 3 atom stereocenters. The van der Waals surface area contributed by atoms with Crippen molar-refractivity contribution in [3.05, 3.63) is 0 Å². The summed E-state index contributed by atoms with van der Waals surface area (Å²) in [6.07, 6.45) is -0.000386. The van der Waals surface area contributed by atoms with Gasteiger partial charge in [-0.15, -0.1) is 0 Å². The summed E-state index contributed by atoms with van der Waals surface area (Å²) < 4.78 is 21.0. The molecule has 0 N–H and O–H groups in total. The molecular weight excluding hydrogens is 164 g/mol. The Morgan fingerprint density at radius 1 is 1.36 bits per heavy atom. The van der Waals surface area contributed by atoms with Gasteiger partial charge in [-0.1, -0.05) is 6.92 Å². The molecule has 1 aliphatic rings. The molecule has 0 aromatic rings. The van der Waals surface area contributed by atoms with Crippen LogP contribution < -0.4 is 0 Å². The van der Waals surface area contributed by atoms with Crippen LogP contribution in [0.1, 0.15) is 27.7 Å². The third-order valence-electron chi connectivity index (χ3n) is 2.31. The molecule has 0 unspecified atom stereocenters. The fourth-order valence-electron chi connectivity index (χ4n) is 1.04. The monoisotopic (exact) mass is 178 g/mol. The highest BCUT2D eigenvalue weighted by Crippen LogP contribution is 2.31. The van der Waals surface area contributed by atoms with Crippen molar-refractivity contribution in [2.24, 2.45) is 5.92 Å². The van der Waals surface area contributed by atoms with Gasteiger partial charge in [0.25, 0.3) is 0 Å². The van der Waals surface area contributed by atoms with Gasteiger partial charge in [-0.3, -0.25) is 8.37 Å². The van der Waals surface area contributed by atoms with Gasteiger partial charge >= 0.3 is 11.4 Å². The van der Waals surface area contributed by atoms with Gasteiger partial charge in [-0.25, -0.2) is 0 Å². The Kier molecular flexibility index (Phi) is 2.37. The molecule has 1 heterocycles. The minimum absolute atomic E-state index is 0.000386. The van der Waals surface area contributed by atoms with Gasteiger partial charge in [0.05, 0.1) is 11.7 Å². The zero-order valence-electron chi connectivity index (χ0n) is 7.29. The predicted octanol–water partition coefficient (Wildman–Crippen LogP) is 1.42. The molecule has 3 nitrogen and oxygen atoms in total. The molecule has 0 amide bonds. The molecule has 0 spiro atoms. The molecule has 1 aliphatic heterocycles. The van der Waals surface area contributed by atoms with Crippen LogP contribution in [0, 0.1) is 5.92 Å². The van der Waals surface area contributed by atoms with Crippen LogP contribution in [0.4, 0.5) is 0 Å². The number of rotatable bonds is 0. The Bertz CT molecular complexity index is 179. The van der Waals surface area contributed by atoms with Crippen LogP contribution in [0.3, 0.4) is 0 Å². The highest BCUT2D eigenvalue weighted by atomic mass is 32.2. The Balaban J connectivity index is 2.75. The second kappa shape index (κ2) is 2.84. The maximum Gasteiger partial charge on any atom is 0.305 e. The van der Waals surface area contributed by atoms with E-state index in [1.165, 1.54) is 0 Å². The molecule has 1 rings (SSSR count). The smallest absolute Gasteiger partial charge is 0.265 e. The summed E-state index contributed by atoms with van der Waals surface area (Å²) in [6.45, 7) is 7.79. The summed E-state index contributed by atoms with van der Waals surface area (Å²) in [5.41, 5.74) is -0.345. The van der Waals surface area contributed by atoms with Crippen molar-refractivity contribution in [2.45, 2.75) is 39.4 Å². The minimum atomic E-state index is -1.56. The fourth-order valence-corrected chi connectivity index (χ4v) is 2.00. The first-order valence-electron chi connectivity index (χ1n) is 3.72. The summed E-state index contributed by atoms with van der Waals surface area (Å²) >= 11 is -1.56. The molecule has 11 heavy (non-hydrogen) atoms. The first kappa shape index (κ1) is 9.16. The second-order valence-electron chi connectivity index (χ2n) is 3.48. The number of hydrogen-bond acceptors (Lipinski definition) is 3. The normalized spacial score (nSPS) is 43.8. The summed E-state index contributed by atoms with van der Waals surface area (Å²) in [5, 5.41) is 0. The summed E-state index contributed by atoms with van der Waals surface area (Å²) in [6, 6.07) is 0. The van der Waals surface area contributed by atoms with Crippen LogP contribution in [0.25, 0.3) is 0 Å². The molecule has 1 fully saturated rings. The van der Waals surface area contributed by atoms with Gasteiger partial charge in [0.15, 0.2) is 0 Å². The van der Waals surface area contributed by atoms with Crippen LogP contribution in [-0.2, 0) is 19.7 Å². The molecule has 4 heteroatoms. The predicted molar refractivity (Wildman–Crippen MR) is 43.0 cm³/mol. The maximum absolute atomic E-state index is 10.9. The van der Waals surface area contributed by atoms with E-state index in [1.54, 1.807) is 0 Å². The molecular formula is C7H14O3S. The van der Waals surface area contributed by atoms with Crippen molar-refractivity contribution >= 4 is 11.4 Å². The van der Waals surface area contributed by atoms with E-state index in [0.717, 1.165) is 0 Å². The topological polar surface area (TPSA) is 35.5 Å². The zero-order chi connectivity index (χ0) is 8.65. The molecule has 0 saturated carbocycles. The SMILES string of the molecule is C[C@@H]1O[S@@](=O)OC(C)(C)[C@H]1C. The van der Waals surface area contributed by atoms with E-state index in [4.69, 9.17) is 8.37 Å². The first-order valence-corrected chi connectivity index (χ1v) is 4.72. The minimum Gasteiger partial charge on any atom is -0.265 e. The molecule has 0 aromatic heterocycles. The van der Waals surface area contributed by atoms with E-state index in [2.05, 4.69) is 0 Å². The average Bonchev–Trinajstić information content (AvgIpc) is 1.81. The van der Waals surface area contributed by atoms with Crippen LogP contribution in [0.15, 0.2) is 0 Å². The van der Waals surface area contributed by atoms with Crippen molar-refractivity contribution in [1.82, 2.24) is 0 Å². The lowest BCUT2D eigenvalue weighted by Gasteiger charge is -2.38. The average molecular weight is 178 g/mol. The zero-order valence-corrected chi connectivity index (χ0v) is 8.10. The summed E-state index contributed by atoms with van der Waals surface area (Å²) in [7, 11) is 0. The van der Waals surface area contributed by atoms with Crippen LogP contribution in [-0.4, -0.2) is 15.9 Å². The summed E-state index contributed by atoms with van der Waals surface area (Å²) in [5.74, 6) is 0.264. The van der Waals surface area contributed by atoms with Gasteiger partial charge in [0, 0.05) is 5.92 Å². The van der Waals surface area contributed by atoms with E-state index < -0.39 is 11.4 Å².